The SMILES string of the molecule is CCC(C)C(Cl)C(=O)O[SiH3]. The Morgan fingerprint density at radius 3 is 2.60 bits per heavy atom. The van der Waals surface area contributed by atoms with Gasteiger partial charge in [0.15, 0.2) is 0 Å². The van der Waals surface area contributed by atoms with Crippen LogP contribution in [0.3, 0.4) is 0 Å². The summed E-state index contributed by atoms with van der Waals surface area (Å²) < 4.78 is 4.60. The molecule has 0 aliphatic rings. The first kappa shape index (κ1) is 9.98. The van der Waals surface area contributed by atoms with Crippen molar-refractivity contribution >= 4 is 28.1 Å². The Morgan fingerprint density at radius 1 is 1.80 bits per heavy atom. The van der Waals surface area contributed by atoms with Crippen molar-refractivity contribution in [3.63, 3.8) is 0 Å². The molecule has 0 fully saturated rings. The Hall–Kier alpha value is -0.0231. The van der Waals surface area contributed by atoms with Crippen LogP contribution in [-0.2, 0) is 9.22 Å². The molecule has 0 aromatic rings. The normalized spacial score (nSPS) is 16.3. The minimum atomic E-state index is -0.456. The van der Waals surface area contributed by atoms with Gasteiger partial charge in [0, 0.05) is 0 Å². The van der Waals surface area contributed by atoms with E-state index < -0.39 is 5.38 Å². The smallest absolute Gasteiger partial charge is 0.310 e. The van der Waals surface area contributed by atoms with E-state index in [1.165, 1.54) is 0 Å². The monoisotopic (exact) mass is 180 g/mol. The number of carbonyl (C=O) groups is 1. The number of halogens is 1. The van der Waals surface area contributed by atoms with E-state index in [1.807, 2.05) is 13.8 Å². The van der Waals surface area contributed by atoms with Crippen molar-refractivity contribution in [2.75, 3.05) is 0 Å². The topological polar surface area (TPSA) is 26.3 Å². The molecule has 10 heavy (non-hydrogen) atoms. The Kier molecular flexibility index (Phi) is 4.73. The first-order chi connectivity index (χ1) is 4.63. The lowest BCUT2D eigenvalue weighted by Crippen LogP contribution is -2.23. The number of carbonyl (C=O) groups excluding carboxylic acids is 1. The second kappa shape index (κ2) is 4.74. The fourth-order valence-electron chi connectivity index (χ4n) is 0.552. The maximum atomic E-state index is 10.8. The summed E-state index contributed by atoms with van der Waals surface area (Å²) in [5, 5.41) is -0.456. The molecule has 4 heteroatoms. The number of alkyl halides is 1. The van der Waals surface area contributed by atoms with Gasteiger partial charge in [0.2, 0.25) is 10.5 Å². The van der Waals surface area contributed by atoms with Crippen molar-refractivity contribution in [1.82, 2.24) is 0 Å². The van der Waals surface area contributed by atoms with Gasteiger partial charge in [-0.3, -0.25) is 4.79 Å². The molecule has 0 saturated carbocycles. The molecular formula is C6H13ClO2Si. The highest BCUT2D eigenvalue weighted by Gasteiger charge is 2.20. The third-order valence-corrected chi connectivity index (χ3v) is 2.58. The fraction of sp³-hybridized carbons (Fsp3) is 0.833. The molecule has 0 bridgehead atoms. The summed E-state index contributed by atoms with van der Waals surface area (Å²) in [6.07, 6.45) is 0.908. The van der Waals surface area contributed by atoms with E-state index >= 15 is 0 Å². The van der Waals surface area contributed by atoms with Gasteiger partial charge < -0.3 is 4.43 Å². The maximum absolute atomic E-state index is 10.8. The van der Waals surface area contributed by atoms with Gasteiger partial charge in [0.25, 0.3) is 0 Å². The average Bonchev–Trinajstić information content (AvgIpc) is 2.00. The van der Waals surface area contributed by atoms with Gasteiger partial charge in [0.05, 0.1) is 0 Å². The van der Waals surface area contributed by atoms with Crippen LogP contribution in [0.25, 0.3) is 0 Å². The van der Waals surface area contributed by atoms with Crippen LogP contribution in [0.1, 0.15) is 20.3 Å². The molecule has 2 nitrogen and oxygen atoms in total. The van der Waals surface area contributed by atoms with Gasteiger partial charge in [-0.25, -0.2) is 0 Å². The van der Waals surface area contributed by atoms with Crippen molar-refractivity contribution in [1.29, 1.82) is 0 Å². The predicted molar refractivity (Wildman–Crippen MR) is 45.1 cm³/mol. The van der Waals surface area contributed by atoms with E-state index in [9.17, 15) is 4.79 Å². The highest BCUT2D eigenvalue weighted by molar-refractivity contribution is 6.31. The standard InChI is InChI=1S/C6H13ClO2Si/c1-3-4(2)5(7)6(8)9-10/h4-5H,3H2,1-2,10H3. The van der Waals surface area contributed by atoms with Crippen LogP contribution < -0.4 is 0 Å². The van der Waals surface area contributed by atoms with Crippen molar-refractivity contribution in [2.45, 2.75) is 25.6 Å². The fourth-order valence-corrected chi connectivity index (χ4v) is 1.22. The minimum absolute atomic E-state index is 0.211. The zero-order valence-corrected chi connectivity index (χ0v) is 9.31. The molecule has 2 atom stereocenters. The van der Waals surface area contributed by atoms with Gasteiger partial charge in [-0.15, -0.1) is 11.6 Å². The van der Waals surface area contributed by atoms with E-state index in [1.54, 1.807) is 0 Å². The van der Waals surface area contributed by atoms with Crippen LogP contribution in [0.4, 0.5) is 0 Å². The molecule has 0 saturated heterocycles. The van der Waals surface area contributed by atoms with E-state index in [2.05, 4.69) is 4.43 Å². The van der Waals surface area contributed by atoms with Crippen LogP contribution in [0, 0.1) is 5.92 Å². The number of rotatable bonds is 3. The van der Waals surface area contributed by atoms with E-state index in [4.69, 9.17) is 11.6 Å². The predicted octanol–water partition coefficient (Wildman–Crippen LogP) is 0.463. The molecule has 0 aromatic heterocycles. The lowest BCUT2D eigenvalue weighted by atomic mass is 10.1. The van der Waals surface area contributed by atoms with Gasteiger partial charge in [-0.2, -0.15) is 0 Å². The van der Waals surface area contributed by atoms with Crippen LogP contribution in [0.15, 0.2) is 0 Å². The van der Waals surface area contributed by atoms with Crippen LogP contribution in [-0.4, -0.2) is 21.8 Å². The lowest BCUT2D eigenvalue weighted by molar-refractivity contribution is -0.134. The summed E-state index contributed by atoms with van der Waals surface area (Å²) in [6, 6.07) is 0. The maximum Gasteiger partial charge on any atom is 0.310 e. The van der Waals surface area contributed by atoms with Crippen molar-refractivity contribution in [2.24, 2.45) is 5.92 Å². The molecule has 2 unspecified atom stereocenters. The minimum Gasteiger partial charge on any atom is -0.528 e. The summed E-state index contributed by atoms with van der Waals surface area (Å²) >= 11 is 5.73. The van der Waals surface area contributed by atoms with Crippen molar-refractivity contribution < 1.29 is 9.22 Å². The highest BCUT2D eigenvalue weighted by Crippen LogP contribution is 2.14. The molecule has 0 spiro atoms. The van der Waals surface area contributed by atoms with Gasteiger partial charge in [-0.05, 0) is 5.92 Å². The Morgan fingerprint density at radius 2 is 2.30 bits per heavy atom. The summed E-state index contributed by atoms with van der Waals surface area (Å²) in [7, 11) is 0.435. The van der Waals surface area contributed by atoms with Crippen molar-refractivity contribution in [3.05, 3.63) is 0 Å². The second-order valence-electron chi connectivity index (χ2n) is 2.31. The zero-order chi connectivity index (χ0) is 8.15. The van der Waals surface area contributed by atoms with E-state index in [0.717, 1.165) is 6.42 Å². The summed E-state index contributed by atoms with van der Waals surface area (Å²) in [5.41, 5.74) is 0. The lowest BCUT2D eigenvalue weighted by Gasteiger charge is -2.13. The number of hydrogen-bond acceptors (Lipinski definition) is 2. The molecule has 60 valence electrons. The molecule has 0 rings (SSSR count). The van der Waals surface area contributed by atoms with Crippen LogP contribution in [0.5, 0.6) is 0 Å². The third kappa shape index (κ3) is 2.71. The quantitative estimate of drug-likeness (QED) is 0.466. The number of hydrogen-bond donors (Lipinski definition) is 0. The molecular weight excluding hydrogens is 168 g/mol. The molecule has 0 heterocycles. The van der Waals surface area contributed by atoms with E-state index in [0.29, 0.717) is 10.5 Å². The Balaban J connectivity index is 3.81. The average molecular weight is 181 g/mol. The van der Waals surface area contributed by atoms with Gasteiger partial charge >= 0.3 is 5.97 Å². The summed E-state index contributed by atoms with van der Waals surface area (Å²) in [4.78, 5) is 10.8. The molecule has 0 aliphatic heterocycles. The molecule has 0 aliphatic carbocycles. The summed E-state index contributed by atoms with van der Waals surface area (Å²) in [5.74, 6) is -0.0641. The molecule has 0 radical (unpaired) electrons. The highest BCUT2D eigenvalue weighted by atomic mass is 35.5. The summed E-state index contributed by atoms with van der Waals surface area (Å²) in [6.45, 7) is 3.94. The van der Waals surface area contributed by atoms with Gasteiger partial charge in [-0.1, -0.05) is 20.3 Å². The van der Waals surface area contributed by atoms with Gasteiger partial charge in [0.1, 0.15) is 5.38 Å². The Bertz CT molecular complexity index is 118. The molecule has 0 amide bonds. The van der Waals surface area contributed by atoms with Crippen LogP contribution >= 0.6 is 11.6 Å². The molecule has 0 aromatic carbocycles. The van der Waals surface area contributed by atoms with Crippen molar-refractivity contribution in [3.8, 4) is 0 Å². The molecule has 0 N–H and O–H groups in total. The Labute approximate surface area is 69.4 Å². The zero-order valence-electron chi connectivity index (χ0n) is 6.56. The third-order valence-electron chi connectivity index (χ3n) is 1.57. The first-order valence-corrected chi connectivity index (χ1v) is 4.60. The van der Waals surface area contributed by atoms with Crippen LogP contribution in [0.2, 0.25) is 0 Å². The first-order valence-electron chi connectivity index (χ1n) is 3.35. The largest absolute Gasteiger partial charge is 0.528 e. The second-order valence-corrected chi connectivity index (χ2v) is 3.19. The van der Waals surface area contributed by atoms with E-state index in [-0.39, 0.29) is 11.9 Å².